The summed E-state index contributed by atoms with van der Waals surface area (Å²) in [5.41, 5.74) is 1.97. The van der Waals surface area contributed by atoms with E-state index in [0.29, 0.717) is 46.4 Å². The van der Waals surface area contributed by atoms with Crippen molar-refractivity contribution in [2.24, 2.45) is 0 Å². The van der Waals surface area contributed by atoms with Gasteiger partial charge in [0.25, 0.3) is 5.56 Å². The molecule has 0 spiro atoms. The molecule has 1 N–H and O–H groups in total. The summed E-state index contributed by atoms with van der Waals surface area (Å²) >= 11 is 0. The number of ether oxygens (including phenoxy) is 1. The van der Waals surface area contributed by atoms with Crippen molar-refractivity contribution in [3.8, 4) is 5.75 Å². The van der Waals surface area contributed by atoms with Crippen molar-refractivity contribution in [2.75, 3.05) is 56.6 Å². The minimum absolute atomic E-state index is 0.0142. The van der Waals surface area contributed by atoms with E-state index >= 15 is 4.39 Å². The summed E-state index contributed by atoms with van der Waals surface area (Å²) in [6.45, 7) is 8.41. The number of ketones is 1. The maximum atomic E-state index is 15.6. The predicted molar refractivity (Wildman–Crippen MR) is 155 cm³/mol. The number of halogens is 1. The first-order valence-electron chi connectivity index (χ1n) is 14.6. The number of hydrogen-bond donors (Lipinski definition) is 1. The highest BCUT2D eigenvalue weighted by Gasteiger charge is 2.39. The van der Waals surface area contributed by atoms with Gasteiger partial charge in [0.05, 0.1) is 11.6 Å². The number of nitrogens with zero attached hydrogens (tertiary/aromatic N) is 6. The Labute approximate surface area is 238 Å². The van der Waals surface area contributed by atoms with E-state index in [9.17, 15) is 9.59 Å². The number of carbonyl (C=O) groups excluding carboxylic acids is 1. The maximum absolute atomic E-state index is 15.6. The fourth-order valence-electron chi connectivity index (χ4n) is 7.20. The Hall–Kier alpha value is -3.57. The molecule has 0 radical (unpaired) electrons. The smallest absolute Gasteiger partial charge is 0.263 e. The first-order chi connectivity index (χ1) is 19.8. The van der Waals surface area contributed by atoms with Gasteiger partial charge < -0.3 is 19.9 Å². The van der Waals surface area contributed by atoms with Gasteiger partial charge in [-0.25, -0.2) is 9.37 Å². The van der Waals surface area contributed by atoms with Crippen molar-refractivity contribution in [3.63, 3.8) is 0 Å². The maximum Gasteiger partial charge on any atom is 0.263 e. The van der Waals surface area contributed by atoms with Crippen molar-refractivity contribution in [1.82, 2.24) is 24.3 Å². The van der Waals surface area contributed by atoms with Gasteiger partial charge in [-0.15, -0.1) is 0 Å². The number of fused-ring (bicyclic) bond motifs is 4. The third-order valence-corrected chi connectivity index (χ3v) is 9.33. The predicted octanol–water partition coefficient (Wildman–Crippen LogP) is 3.50. The molecule has 10 nitrogen and oxygen atoms in total. The van der Waals surface area contributed by atoms with Gasteiger partial charge >= 0.3 is 0 Å². The van der Waals surface area contributed by atoms with Gasteiger partial charge in [0.15, 0.2) is 11.6 Å². The van der Waals surface area contributed by atoms with Crippen LogP contribution in [0.25, 0.3) is 11.0 Å². The number of aryl methyl sites for hydroxylation is 1. The molecule has 4 aliphatic rings. The van der Waals surface area contributed by atoms with Crippen LogP contribution in [0.1, 0.15) is 54.6 Å². The number of carbonyl (C=O) groups is 1. The van der Waals surface area contributed by atoms with Crippen LogP contribution in [0.2, 0.25) is 0 Å². The molecule has 3 fully saturated rings. The molecule has 2 aromatic heterocycles. The van der Waals surface area contributed by atoms with Gasteiger partial charge in [0, 0.05) is 68.1 Å². The summed E-state index contributed by atoms with van der Waals surface area (Å²) in [7, 11) is 2.14. The SMILES string of the molecule is CC(=O)c1c(C)c2cnc(Nc3cc(F)c4c(c3)OC[C@@H]3CN(C5CN(C)C5)CCN43)nc2n(C2CCCC2)c1=O. The second kappa shape index (κ2) is 10.1. The van der Waals surface area contributed by atoms with E-state index < -0.39 is 0 Å². The molecule has 41 heavy (non-hydrogen) atoms. The van der Waals surface area contributed by atoms with Crippen molar-refractivity contribution in [3.05, 3.63) is 45.6 Å². The Kier molecular flexibility index (Phi) is 6.46. The van der Waals surface area contributed by atoms with E-state index in [1.54, 1.807) is 23.8 Å². The zero-order chi connectivity index (χ0) is 28.4. The molecule has 3 aliphatic heterocycles. The largest absolute Gasteiger partial charge is 0.489 e. The topological polar surface area (TPSA) is 95.8 Å². The van der Waals surface area contributed by atoms with Gasteiger partial charge in [-0.05, 0) is 45.4 Å². The zero-order valence-corrected chi connectivity index (χ0v) is 23.8. The number of likely N-dealkylation sites (N-methyl/N-ethyl adjacent to an activating group) is 1. The summed E-state index contributed by atoms with van der Waals surface area (Å²) in [5, 5.41) is 3.81. The number of piperazine rings is 1. The Bertz CT molecular complexity index is 1600. The molecule has 3 aromatic rings. The lowest BCUT2D eigenvalue weighted by atomic mass is 10.0. The van der Waals surface area contributed by atoms with Crippen molar-refractivity contribution in [1.29, 1.82) is 0 Å². The number of aromatic nitrogens is 3. The van der Waals surface area contributed by atoms with Crippen LogP contribution in [0, 0.1) is 12.7 Å². The summed E-state index contributed by atoms with van der Waals surface area (Å²) in [6.07, 6.45) is 5.43. The first-order valence-corrected chi connectivity index (χ1v) is 14.6. The minimum atomic E-state index is -0.350. The van der Waals surface area contributed by atoms with Crippen molar-refractivity contribution < 1.29 is 13.9 Å². The molecule has 2 saturated heterocycles. The van der Waals surface area contributed by atoms with E-state index in [4.69, 9.17) is 9.72 Å². The van der Waals surface area contributed by atoms with E-state index in [-0.39, 0.29) is 40.8 Å². The van der Waals surface area contributed by atoms with E-state index in [1.165, 1.54) is 13.0 Å². The number of benzene rings is 1. The van der Waals surface area contributed by atoms with Crippen LogP contribution in [-0.4, -0.2) is 88.6 Å². The van der Waals surface area contributed by atoms with Crippen LogP contribution in [-0.2, 0) is 0 Å². The Morgan fingerprint density at radius 1 is 1.10 bits per heavy atom. The molecule has 0 unspecified atom stereocenters. The molecule has 7 rings (SSSR count). The summed E-state index contributed by atoms with van der Waals surface area (Å²) in [5.74, 6) is 0.154. The average molecular weight is 562 g/mol. The zero-order valence-electron chi connectivity index (χ0n) is 23.8. The molecule has 11 heteroatoms. The van der Waals surface area contributed by atoms with E-state index in [1.807, 2.05) is 0 Å². The van der Waals surface area contributed by atoms with Crippen LogP contribution < -0.4 is 20.5 Å². The third kappa shape index (κ3) is 4.46. The first kappa shape index (κ1) is 26.3. The van der Waals surface area contributed by atoms with Gasteiger partial charge in [0.2, 0.25) is 5.95 Å². The molecular formula is C30H36FN7O3. The lowest BCUT2D eigenvalue weighted by Crippen LogP contribution is -2.65. The van der Waals surface area contributed by atoms with Crippen LogP contribution in [0.5, 0.6) is 5.75 Å². The number of nitrogens with one attached hydrogen (secondary N) is 1. The van der Waals surface area contributed by atoms with Crippen LogP contribution >= 0.6 is 0 Å². The molecule has 216 valence electrons. The lowest BCUT2D eigenvalue weighted by molar-refractivity contribution is 0.0322. The van der Waals surface area contributed by atoms with Crippen LogP contribution in [0.3, 0.4) is 0 Å². The van der Waals surface area contributed by atoms with Gasteiger partial charge in [-0.3, -0.25) is 19.1 Å². The Morgan fingerprint density at radius 2 is 1.88 bits per heavy atom. The molecule has 1 aliphatic carbocycles. The number of rotatable bonds is 5. The van der Waals surface area contributed by atoms with E-state index in [2.05, 4.69) is 32.0 Å². The number of Topliss-reactive ketones (excluding diaryl/α,β-unsaturated/α-hetero) is 1. The van der Waals surface area contributed by atoms with Crippen molar-refractivity contribution in [2.45, 2.75) is 57.7 Å². The number of hydrogen-bond acceptors (Lipinski definition) is 9. The average Bonchev–Trinajstić information content (AvgIpc) is 3.45. The monoisotopic (exact) mass is 561 g/mol. The quantitative estimate of drug-likeness (QED) is 0.470. The van der Waals surface area contributed by atoms with Gasteiger partial charge in [-0.2, -0.15) is 4.98 Å². The molecule has 1 atom stereocenters. The minimum Gasteiger partial charge on any atom is -0.489 e. The Balaban J connectivity index is 1.19. The molecule has 1 aromatic carbocycles. The fraction of sp³-hybridized carbons (Fsp3) is 0.533. The molecule has 0 amide bonds. The summed E-state index contributed by atoms with van der Waals surface area (Å²) in [6, 6.07) is 3.93. The lowest BCUT2D eigenvalue weighted by Gasteiger charge is -2.51. The van der Waals surface area contributed by atoms with Gasteiger partial charge in [-0.1, -0.05) is 12.8 Å². The second-order valence-electron chi connectivity index (χ2n) is 12.1. The van der Waals surface area contributed by atoms with Crippen molar-refractivity contribution >= 4 is 34.1 Å². The highest BCUT2D eigenvalue weighted by Crippen LogP contribution is 2.41. The third-order valence-electron chi connectivity index (χ3n) is 9.33. The second-order valence-corrected chi connectivity index (χ2v) is 12.1. The van der Waals surface area contributed by atoms with Crippen LogP contribution in [0.4, 0.5) is 21.7 Å². The van der Waals surface area contributed by atoms with Gasteiger partial charge in [0.1, 0.15) is 23.7 Å². The number of pyridine rings is 1. The number of likely N-dealkylation sites (tertiary alicyclic amines) is 1. The summed E-state index contributed by atoms with van der Waals surface area (Å²) < 4.78 is 23.4. The standard InChI is InChI=1S/C30H36FN7O3/c1-17-23-12-32-30(34-28(23)38(20-6-4-5-7-20)29(40)26(17)18(2)39)33-19-10-24(31)27-25(11-19)41-16-22-15-36(8-9-37(22)27)21-13-35(3)14-21/h10-12,20-22H,4-9,13-16H2,1-3H3,(H,32,33,34)/t22-/m0/s1. The summed E-state index contributed by atoms with van der Waals surface area (Å²) in [4.78, 5) is 42.1. The Morgan fingerprint density at radius 3 is 2.61 bits per heavy atom. The fourth-order valence-corrected chi connectivity index (χ4v) is 7.20. The molecule has 1 saturated carbocycles. The number of anilines is 3. The molecule has 5 heterocycles. The van der Waals surface area contributed by atoms with Crippen LogP contribution in [0.15, 0.2) is 23.1 Å². The van der Waals surface area contributed by atoms with E-state index in [0.717, 1.165) is 58.4 Å². The highest BCUT2D eigenvalue weighted by atomic mass is 19.1. The highest BCUT2D eigenvalue weighted by molar-refractivity contribution is 5.99. The molecular weight excluding hydrogens is 525 g/mol. The molecule has 0 bridgehead atoms. The normalized spacial score (nSPS) is 21.9.